The molecule has 0 fully saturated rings. The van der Waals surface area contributed by atoms with Gasteiger partial charge in [-0.2, -0.15) is 0 Å². The van der Waals surface area contributed by atoms with Crippen molar-refractivity contribution in [3.63, 3.8) is 0 Å². The van der Waals surface area contributed by atoms with Crippen molar-refractivity contribution >= 4 is 23.2 Å². The maximum Gasteiger partial charge on any atom is 0.320 e. The predicted molar refractivity (Wildman–Crippen MR) is 86.2 cm³/mol. The SMILES string of the molecule is Cc1cc(NC(=O)NC[C@H](C)N2CCc3sccc3C2)no1. The van der Waals surface area contributed by atoms with Gasteiger partial charge in [-0.25, -0.2) is 4.79 Å². The Bertz CT molecular complexity index is 652. The van der Waals surface area contributed by atoms with E-state index in [-0.39, 0.29) is 12.1 Å². The number of anilines is 1. The number of aromatic nitrogens is 1. The standard InChI is InChI=1S/C15H20N4O2S/c1-10(19-5-3-13-12(9-19)4-6-22-13)8-16-15(20)17-14-7-11(2)21-18-14/h4,6-7,10H,3,5,8-9H2,1-2H3,(H2,16,17,18,20)/t10-/m0/s1. The van der Waals surface area contributed by atoms with E-state index in [1.165, 1.54) is 10.4 Å². The lowest BCUT2D eigenvalue weighted by Crippen LogP contribution is -2.45. The molecule has 1 atom stereocenters. The van der Waals surface area contributed by atoms with Gasteiger partial charge in [0.15, 0.2) is 5.82 Å². The van der Waals surface area contributed by atoms with Gasteiger partial charge in [-0.15, -0.1) is 11.3 Å². The summed E-state index contributed by atoms with van der Waals surface area (Å²) in [5.41, 5.74) is 1.42. The third kappa shape index (κ3) is 3.48. The highest BCUT2D eigenvalue weighted by Crippen LogP contribution is 2.24. The maximum atomic E-state index is 11.8. The van der Waals surface area contributed by atoms with E-state index in [4.69, 9.17) is 4.52 Å². The molecule has 2 amide bonds. The van der Waals surface area contributed by atoms with Crippen molar-refractivity contribution in [2.75, 3.05) is 18.4 Å². The van der Waals surface area contributed by atoms with Gasteiger partial charge in [0.1, 0.15) is 5.76 Å². The highest BCUT2D eigenvalue weighted by Gasteiger charge is 2.21. The molecule has 0 radical (unpaired) electrons. The van der Waals surface area contributed by atoms with E-state index < -0.39 is 0 Å². The number of fused-ring (bicyclic) bond motifs is 1. The van der Waals surface area contributed by atoms with Crippen LogP contribution in [0.15, 0.2) is 22.0 Å². The summed E-state index contributed by atoms with van der Waals surface area (Å²) in [5.74, 6) is 1.10. The van der Waals surface area contributed by atoms with Crippen molar-refractivity contribution in [3.8, 4) is 0 Å². The molecule has 2 N–H and O–H groups in total. The largest absolute Gasteiger partial charge is 0.360 e. The van der Waals surface area contributed by atoms with E-state index in [0.717, 1.165) is 19.5 Å². The number of thiophene rings is 1. The molecule has 2 aromatic rings. The van der Waals surface area contributed by atoms with Crippen LogP contribution in [0.5, 0.6) is 0 Å². The van der Waals surface area contributed by atoms with E-state index in [1.54, 1.807) is 13.0 Å². The van der Waals surface area contributed by atoms with Crippen molar-refractivity contribution in [2.24, 2.45) is 0 Å². The van der Waals surface area contributed by atoms with Crippen molar-refractivity contribution in [1.29, 1.82) is 0 Å². The summed E-state index contributed by atoms with van der Waals surface area (Å²) in [6.07, 6.45) is 1.10. The molecule has 22 heavy (non-hydrogen) atoms. The van der Waals surface area contributed by atoms with Crippen LogP contribution >= 0.6 is 11.3 Å². The molecule has 0 unspecified atom stereocenters. The van der Waals surface area contributed by atoms with Crippen LogP contribution in [-0.4, -0.2) is 35.2 Å². The smallest absolute Gasteiger partial charge is 0.320 e. The van der Waals surface area contributed by atoms with Crippen LogP contribution < -0.4 is 10.6 Å². The number of aryl methyl sites for hydroxylation is 1. The second-order valence-corrected chi connectivity index (χ2v) is 6.60. The van der Waals surface area contributed by atoms with E-state index in [1.807, 2.05) is 11.3 Å². The molecule has 3 rings (SSSR count). The Labute approximate surface area is 133 Å². The summed E-state index contributed by atoms with van der Waals surface area (Å²) >= 11 is 1.84. The first kappa shape index (κ1) is 15.1. The van der Waals surface area contributed by atoms with Crippen LogP contribution in [0.3, 0.4) is 0 Å². The molecule has 2 aromatic heterocycles. The van der Waals surface area contributed by atoms with Crippen LogP contribution in [0.4, 0.5) is 10.6 Å². The Morgan fingerprint density at radius 1 is 1.59 bits per heavy atom. The Kier molecular flexibility index (Phi) is 4.44. The molecule has 0 saturated carbocycles. The van der Waals surface area contributed by atoms with Crippen LogP contribution in [0, 0.1) is 6.92 Å². The molecule has 3 heterocycles. The van der Waals surface area contributed by atoms with Crippen LogP contribution in [0.25, 0.3) is 0 Å². The maximum absolute atomic E-state index is 11.8. The molecule has 1 aliphatic rings. The van der Waals surface area contributed by atoms with Crippen molar-refractivity contribution in [1.82, 2.24) is 15.4 Å². The fourth-order valence-electron chi connectivity index (χ4n) is 2.60. The number of nitrogens with zero attached hydrogens (tertiary/aromatic N) is 2. The topological polar surface area (TPSA) is 70.4 Å². The van der Waals surface area contributed by atoms with E-state index in [2.05, 4.69) is 39.1 Å². The lowest BCUT2D eigenvalue weighted by molar-refractivity contribution is 0.188. The van der Waals surface area contributed by atoms with E-state index >= 15 is 0 Å². The zero-order valence-electron chi connectivity index (χ0n) is 12.8. The lowest BCUT2D eigenvalue weighted by atomic mass is 10.1. The number of amides is 2. The Balaban J connectivity index is 1.46. The highest BCUT2D eigenvalue weighted by molar-refractivity contribution is 7.10. The van der Waals surface area contributed by atoms with Crippen molar-refractivity contribution in [2.45, 2.75) is 32.9 Å². The van der Waals surface area contributed by atoms with Gasteiger partial charge in [0, 0.05) is 36.6 Å². The van der Waals surface area contributed by atoms with Gasteiger partial charge in [0.05, 0.1) is 0 Å². The Morgan fingerprint density at radius 2 is 2.45 bits per heavy atom. The zero-order valence-corrected chi connectivity index (χ0v) is 13.6. The first-order valence-corrected chi connectivity index (χ1v) is 8.27. The molecule has 0 spiro atoms. The number of carbonyl (C=O) groups excluding carboxylic acids is 1. The van der Waals surface area contributed by atoms with Gasteiger partial charge in [0.2, 0.25) is 0 Å². The van der Waals surface area contributed by atoms with Gasteiger partial charge in [-0.3, -0.25) is 10.2 Å². The molecule has 0 aromatic carbocycles. The first-order valence-electron chi connectivity index (χ1n) is 7.39. The molecule has 1 aliphatic heterocycles. The van der Waals surface area contributed by atoms with Crippen molar-refractivity contribution in [3.05, 3.63) is 33.7 Å². The molecule has 118 valence electrons. The van der Waals surface area contributed by atoms with Gasteiger partial charge in [0.25, 0.3) is 0 Å². The monoisotopic (exact) mass is 320 g/mol. The van der Waals surface area contributed by atoms with Crippen molar-refractivity contribution < 1.29 is 9.32 Å². The average molecular weight is 320 g/mol. The average Bonchev–Trinajstić information content (AvgIpc) is 3.12. The molecule has 0 bridgehead atoms. The minimum atomic E-state index is -0.256. The molecular formula is C15H20N4O2S. The number of hydrogen-bond donors (Lipinski definition) is 2. The van der Waals surface area contributed by atoms with Gasteiger partial charge in [-0.1, -0.05) is 5.16 Å². The third-order valence-corrected chi connectivity index (χ3v) is 4.91. The van der Waals surface area contributed by atoms with E-state index in [0.29, 0.717) is 18.1 Å². The third-order valence-electron chi connectivity index (χ3n) is 3.89. The Hall–Kier alpha value is -1.86. The fourth-order valence-corrected chi connectivity index (χ4v) is 3.49. The molecule has 0 aliphatic carbocycles. The van der Waals surface area contributed by atoms with Gasteiger partial charge < -0.3 is 9.84 Å². The lowest BCUT2D eigenvalue weighted by Gasteiger charge is -2.32. The van der Waals surface area contributed by atoms with Crippen LogP contribution in [0.2, 0.25) is 0 Å². The predicted octanol–water partition coefficient (Wildman–Crippen LogP) is 2.61. The quantitative estimate of drug-likeness (QED) is 0.908. The molecular weight excluding hydrogens is 300 g/mol. The summed E-state index contributed by atoms with van der Waals surface area (Å²) in [4.78, 5) is 15.7. The van der Waals surface area contributed by atoms with Gasteiger partial charge >= 0.3 is 6.03 Å². The number of urea groups is 1. The normalized spacial score (nSPS) is 16.1. The number of nitrogens with one attached hydrogen (secondary N) is 2. The summed E-state index contributed by atoms with van der Waals surface area (Å²) < 4.78 is 4.91. The number of hydrogen-bond acceptors (Lipinski definition) is 5. The summed E-state index contributed by atoms with van der Waals surface area (Å²) in [6, 6.07) is 3.92. The summed E-state index contributed by atoms with van der Waals surface area (Å²) in [6.45, 7) is 6.53. The summed E-state index contributed by atoms with van der Waals surface area (Å²) in [5, 5.41) is 11.4. The second-order valence-electron chi connectivity index (χ2n) is 5.60. The summed E-state index contributed by atoms with van der Waals surface area (Å²) in [7, 11) is 0. The first-order chi connectivity index (χ1) is 10.6. The zero-order chi connectivity index (χ0) is 15.5. The number of carbonyl (C=O) groups is 1. The van der Waals surface area contributed by atoms with Gasteiger partial charge in [-0.05, 0) is 37.3 Å². The molecule has 0 saturated heterocycles. The van der Waals surface area contributed by atoms with Crippen LogP contribution in [0.1, 0.15) is 23.1 Å². The van der Waals surface area contributed by atoms with E-state index in [9.17, 15) is 4.79 Å². The Morgan fingerprint density at radius 3 is 3.23 bits per heavy atom. The minimum absolute atomic E-state index is 0.256. The molecule has 7 heteroatoms. The molecule has 6 nitrogen and oxygen atoms in total. The number of rotatable bonds is 4. The second kappa shape index (κ2) is 6.50. The highest BCUT2D eigenvalue weighted by atomic mass is 32.1. The fraction of sp³-hybridized carbons (Fsp3) is 0.467. The minimum Gasteiger partial charge on any atom is -0.360 e. The van der Waals surface area contributed by atoms with Crippen LogP contribution in [-0.2, 0) is 13.0 Å².